The van der Waals surface area contributed by atoms with E-state index in [4.69, 9.17) is 11.6 Å². The molecule has 36 heavy (non-hydrogen) atoms. The summed E-state index contributed by atoms with van der Waals surface area (Å²) in [5, 5.41) is 4.22. The van der Waals surface area contributed by atoms with Crippen LogP contribution in [-0.4, -0.2) is 55.9 Å². The van der Waals surface area contributed by atoms with Crippen LogP contribution in [0.1, 0.15) is 56.6 Å². The van der Waals surface area contributed by atoms with Crippen LogP contribution in [0.2, 0.25) is 0 Å². The maximum atomic E-state index is 14.8. The van der Waals surface area contributed by atoms with Gasteiger partial charge in [0.15, 0.2) is 0 Å². The number of halogens is 2. The van der Waals surface area contributed by atoms with E-state index in [1.807, 2.05) is 19.3 Å². The Bertz CT molecular complexity index is 939. The average Bonchev–Trinajstić information content (AvgIpc) is 3.57. The molecule has 1 aromatic rings. The van der Waals surface area contributed by atoms with Crippen LogP contribution in [0.4, 0.5) is 4.39 Å². The molecular weight excluding hydrogens is 471 g/mol. The molecule has 4 rings (SSSR count). The van der Waals surface area contributed by atoms with E-state index in [0.29, 0.717) is 11.5 Å². The van der Waals surface area contributed by atoms with E-state index in [1.54, 1.807) is 12.3 Å². The first-order valence-electron chi connectivity index (χ1n) is 13.9. The van der Waals surface area contributed by atoms with E-state index in [1.165, 1.54) is 25.7 Å². The topological polar surface area (TPSA) is 30.9 Å². The molecule has 2 heterocycles. The van der Waals surface area contributed by atoms with Crippen molar-refractivity contribution < 1.29 is 4.39 Å². The summed E-state index contributed by atoms with van der Waals surface area (Å²) in [6, 6.07) is 5.85. The van der Waals surface area contributed by atoms with Gasteiger partial charge in [-0.1, -0.05) is 37.2 Å². The molecule has 3 atom stereocenters. The van der Waals surface area contributed by atoms with Gasteiger partial charge in [0.05, 0.1) is 11.7 Å². The van der Waals surface area contributed by atoms with Gasteiger partial charge in [-0.3, -0.25) is 10.3 Å². The number of allylic oxidation sites excluding steroid dienone is 2. The predicted molar refractivity (Wildman–Crippen MR) is 150 cm³/mol. The van der Waals surface area contributed by atoms with Crippen LogP contribution in [0.25, 0.3) is 0 Å². The average molecular weight is 515 g/mol. The molecule has 2 aliphatic heterocycles. The summed E-state index contributed by atoms with van der Waals surface area (Å²) < 4.78 is 14.8. The Labute approximate surface area is 222 Å². The molecule has 6 heteroatoms. The summed E-state index contributed by atoms with van der Waals surface area (Å²) in [5.74, 6) is 3.05. The zero-order valence-corrected chi connectivity index (χ0v) is 22.9. The number of likely N-dealkylation sites (tertiary alicyclic amines) is 1. The zero-order valence-electron chi connectivity index (χ0n) is 22.2. The van der Waals surface area contributed by atoms with Gasteiger partial charge in [0.1, 0.15) is 5.82 Å². The highest BCUT2D eigenvalue weighted by molar-refractivity contribution is 6.39. The first-order chi connectivity index (χ1) is 17.4. The van der Waals surface area contributed by atoms with Crippen LogP contribution < -0.4 is 5.32 Å². The highest BCUT2D eigenvalue weighted by Gasteiger charge is 2.41. The lowest BCUT2D eigenvalue weighted by Gasteiger charge is -2.42. The van der Waals surface area contributed by atoms with Crippen molar-refractivity contribution in [1.29, 1.82) is 0 Å². The monoisotopic (exact) mass is 514 g/mol. The predicted octanol–water partition coefficient (Wildman–Crippen LogP) is 6.22. The first-order valence-corrected chi connectivity index (χ1v) is 14.3. The third kappa shape index (κ3) is 7.82. The van der Waals surface area contributed by atoms with Crippen molar-refractivity contribution in [2.45, 2.75) is 58.3 Å². The Morgan fingerprint density at radius 3 is 2.89 bits per heavy atom. The first kappa shape index (κ1) is 27.2. The number of aryl methyl sites for hydroxylation is 1. The van der Waals surface area contributed by atoms with Gasteiger partial charge >= 0.3 is 0 Å². The standard InChI is InChI=1S/C30H44ClFN4/c1-4-23-18-36(19-23)22(2)14-27-9-8-24(15-30(27)32)6-5-7-26-16-29(26)25-10-12-33-17-28(31)20-35(3)21-34-13-11-25/h8-9,15,17,20,23,25-26,29,34H,2,4-7,10-14,16,18-19,21H2,1,3H3/b28-20+,33-17-. The van der Waals surface area contributed by atoms with Gasteiger partial charge in [-0.15, -0.1) is 0 Å². The Morgan fingerprint density at radius 2 is 2.11 bits per heavy atom. The third-order valence-electron chi connectivity index (χ3n) is 8.36. The van der Waals surface area contributed by atoms with E-state index < -0.39 is 0 Å². The van der Waals surface area contributed by atoms with Crippen molar-refractivity contribution in [3.05, 3.63) is 58.7 Å². The zero-order chi connectivity index (χ0) is 25.5. The SMILES string of the molecule is C=C(Cc1ccc(CCCC2CC2C2CC/N=C\C(Cl)=C/N(C)CNCC2)cc1F)N1CC(CC)C1. The van der Waals surface area contributed by atoms with Gasteiger partial charge in [-0.05, 0) is 92.4 Å². The lowest BCUT2D eigenvalue weighted by molar-refractivity contribution is 0.137. The van der Waals surface area contributed by atoms with E-state index in [2.05, 4.69) is 39.7 Å². The highest BCUT2D eigenvalue weighted by Crippen LogP contribution is 2.49. The van der Waals surface area contributed by atoms with Crippen molar-refractivity contribution in [2.24, 2.45) is 28.7 Å². The normalized spacial score (nSPS) is 27.9. The van der Waals surface area contributed by atoms with Crippen LogP contribution in [0, 0.1) is 29.5 Å². The van der Waals surface area contributed by atoms with Crippen LogP contribution in [0.15, 0.2) is 46.7 Å². The lowest BCUT2D eigenvalue weighted by Crippen LogP contribution is -2.45. The van der Waals surface area contributed by atoms with Crippen molar-refractivity contribution in [3.63, 3.8) is 0 Å². The molecule has 198 valence electrons. The Balaban J connectivity index is 1.19. The summed E-state index contributed by atoms with van der Waals surface area (Å²) >= 11 is 6.23. The molecule has 0 amide bonds. The molecule has 1 saturated heterocycles. The third-order valence-corrected chi connectivity index (χ3v) is 8.55. The summed E-state index contributed by atoms with van der Waals surface area (Å²) in [7, 11) is 2.02. The summed E-state index contributed by atoms with van der Waals surface area (Å²) in [4.78, 5) is 8.90. The van der Waals surface area contributed by atoms with Crippen molar-refractivity contribution in [1.82, 2.24) is 15.1 Å². The summed E-state index contributed by atoms with van der Waals surface area (Å²) in [6.07, 6.45) is 12.5. The van der Waals surface area contributed by atoms with Crippen LogP contribution in [0.5, 0.6) is 0 Å². The molecule has 0 aromatic heterocycles. The molecule has 0 spiro atoms. The van der Waals surface area contributed by atoms with Crippen molar-refractivity contribution in [3.8, 4) is 0 Å². The second-order valence-electron chi connectivity index (χ2n) is 11.2. The smallest absolute Gasteiger partial charge is 0.127 e. The Kier molecular flexibility index (Phi) is 9.89. The van der Waals surface area contributed by atoms with E-state index in [0.717, 1.165) is 92.6 Å². The molecule has 3 unspecified atom stereocenters. The molecule has 0 bridgehead atoms. The largest absolute Gasteiger partial charge is 0.374 e. The second kappa shape index (κ2) is 13.1. The van der Waals surface area contributed by atoms with Gasteiger partial charge < -0.3 is 9.80 Å². The molecule has 1 aliphatic carbocycles. The van der Waals surface area contributed by atoms with Gasteiger partial charge in [-0.25, -0.2) is 4.39 Å². The number of rotatable bonds is 9. The van der Waals surface area contributed by atoms with Crippen LogP contribution >= 0.6 is 11.6 Å². The Morgan fingerprint density at radius 1 is 1.28 bits per heavy atom. The molecule has 1 aromatic carbocycles. The quantitative estimate of drug-likeness (QED) is 0.424. The number of aliphatic imine (C=N–C) groups is 1. The molecule has 1 saturated carbocycles. The highest BCUT2D eigenvalue weighted by atomic mass is 35.5. The van der Waals surface area contributed by atoms with Crippen LogP contribution in [-0.2, 0) is 12.8 Å². The van der Waals surface area contributed by atoms with E-state index in [-0.39, 0.29) is 5.82 Å². The summed E-state index contributed by atoms with van der Waals surface area (Å²) in [5.41, 5.74) is 2.94. The van der Waals surface area contributed by atoms with Gasteiger partial charge in [0, 0.05) is 51.2 Å². The number of hydrogen-bond donors (Lipinski definition) is 1. The van der Waals surface area contributed by atoms with Gasteiger partial charge in [-0.2, -0.15) is 0 Å². The molecule has 3 aliphatic rings. The minimum absolute atomic E-state index is 0.0765. The van der Waals surface area contributed by atoms with Crippen molar-refractivity contribution >= 4 is 17.8 Å². The molecule has 1 N–H and O–H groups in total. The van der Waals surface area contributed by atoms with E-state index in [9.17, 15) is 4.39 Å². The number of hydrogen-bond acceptors (Lipinski definition) is 4. The van der Waals surface area contributed by atoms with Gasteiger partial charge in [0.2, 0.25) is 0 Å². The fourth-order valence-corrected chi connectivity index (χ4v) is 6.09. The van der Waals surface area contributed by atoms with Crippen molar-refractivity contribution in [2.75, 3.05) is 39.9 Å². The molecule has 4 nitrogen and oxygen atoms in total. The number of nitrogens with zero attached hydrogens (tertiary/aromatic N) is 3. The maximum absolute atomic E-state index is 14.8. The number of benzene rings is 1. The molecule has 2 fully saturated rings. The fourth-order valence-electron chi connectivity index (χ4n) is 5.85. The second-order valence-corrected chi connectivity index (χ2v) is 11.6. The number of nitrogens with one attached hydrogen (secondary N) is 1. The Hall–Kier alpha value is -1.85. The fraction of sp³-hybridized carbons (Fsp3) is 0.633. The minimum atomic E-state index is -0.0765. The summed E-state index contributed by atoms with van der Waals surface area (Å²) in [6.45, 7) is 11.3. The minimum Gasteiger partial charge on any atom is -0.374 e. The van der Waals surface area contributed by atoms with Crippen LogP contribution in [0.3, 0.4) is 0 Å². The van der Waals surface area contributed by atoms with E-state index >= 15 is 0 Å². The molecule has 0 radical (unpaired) electrons. The molecular formula is C30H44ClFN4. The lowest BCUT2D eigenvalue weighted by atomic mass is 9.93. The van der Waals surface area contributed by atoms with Gasteiger partial charge in [0.25, 0.3) is 0 Å². The maximum Gasteiger partial charge on any atom is 0.127 e.